The fourth-order valence-corrected chi connectivity index (χ4v) is 1.83. The van der Waals surface area contributed by atoms with E-state index in [1.165, 1.54) is 11.3 Å². The number of benzene rings is 1. The Morgan fingerprint density at radius 3 is 2.53 bits per heavy atom. The molecule has 0 bridgehead atoms. The molecule has 2 N–H and O–H groups in total. The summed E-state index contributed by atoms with van der Waals surface area (Å²) in [5.74, 6) is -0.243. The van der Waals surface area contributed by atoms with Crippen molar-refractivity contribution in [2.75, 3.05) is 17.7 Å². The van der Waals surface area contributed by atoms with Crippen LogP contribution >= 0.6 is 11.3 Å². The largest absolute Gasteiger partial charge is 0.363 e. The van der Waals surface area contributed by atoms with Gasteiger partial charge in [0.15, 0.2) is 0 Å². The van der Waals surface area contributed by atoms with E-state index in [0.29, 0.717) is 10.1 Å². The summed E-state index contributed by atoms with van der Waals surface area (Å²) < 4.78 is 0. The summed E-state index contributed by atoms with van der Waals surface area (Å²) >= 11 is 1.22. The second kappa shape index (κ2) is 4.92. The number of nitrogens with zero attached hydrogens (tertiary/aromatic N) is 2. The molecule has 17 heavy (non-hydrogen) atoms. The van der Waals surface area contributed by atoms with Gasteiger partial charge in [-0.15, -0.1) is 10.2 Å². The maximum absolute atomic E-state index is 11.8. The number of aromatic nitrogens is 2. The van der Waals surface area contributed by atoms with Gasteiger partial charge in [-0.05, 0) is 19.1 Å². The van der Waals surface area contributed by atoms with E-state index in [2.05, 4.69) is 20.8 Å². The zero-order chi connectivity index (χ0) is 12.3. The Morgan fingerprint density at radius 2 is 1.94 bits per heavy atom. The molecule has 0 fully saturated rings. The van der Waals surface area contributed by atoms with Gasteiger partial charge in [0.25, 0.3) is 5.91 Å². The third-order valence-corrected chi connectivity index (χ3v) is 3.08. The summed E-state index contributed by atoms with van der Waals surface area (Å²) in [6.45, 7) is 2.00. The van der Waals surface area contributed by atoms with E-state index in [4.69, 9.17) is 0 Å². The van der Waals surface area contributed by atoms with Gasteiger partial charge in [0.1, 0.15) is 0 Å². The molecule has 0 atom stereocenters. The lowest BCUT2D eigenvalue weighted by Gasteiger charge is -2.02. The van der Waals surface area contributed by atoms with Crippen molar-refractivity contribution in [3.05, 3.63) is 34.8 Å². The summed E-state index contributed by atoms with van der Waals surface area (Å²) in [5, 5.41) is 14.2. The smallest absolute Gasteiger partial charge is 0.286 e. The second-order valence-electron chi connectivity index (χ2n) is 3.48. The monoisotopic (exact) mass is 248 g/mol. The molecule has 88 valence electrons. The van der Waals surface area contributed by atoms with Crippen molar-refractivity contribution >= 4 is 28.1 Å². The maximum Gasteiger partial charge on any atom is 0.286 e. The van der Waals surface area contributed by atoms with Gasteiger partial charge in [0, 0.05) is 12.7 Å². The Hall–Kier alpha value is -1.95. The van der Waals surface area contributed by atoms with Crippen LogP contribution < -0.4 is 10.6 Å². The molecule has 1 heterocycles. The Bertz CT molecular complexity index is 521. The minimum atomic E-state index is -0.243. The highest BCUT2D eigenvalue weighted by Gasteiger charge is 2.12. The number of amides is 1. The van der Waals surface area contributed by atoms with E-state index in [0.717, 1.165) is 11.3 Å². The van der Waals surface area contributed by atoms with Crippen molar-refractivity contribution in [1.82, 2.24) is 10.2 Å². The number of aryl methyl sites for hydroxylation is 1. The van der Waals surface area contributed by atoms with Crippen LogP contribution in [0, 0.1) is 6.92 Å². The summed E-state index contributed by atoms with van der Waals surface area (Å²) in [4.78, 5) is 11.8. The van der Waals surface area contributed by atoms with Crippen molar-refractivity contribution in [3.63, 3.8) is 0 Å². The second-order valence-corrected chi connectivity index (χ2v) is 4.46. The highest BCUT2D eigenvalue weighted by atomic mass is 32.1. The molecule has 0 radical (unpaired) electrons. The fraction of sp³-hybridized carbons (Fsp3) is 0.182. The molecule has 0 aliphatic heterocycles. The predicted octanol–water partition coefficient (Wildman–Crippen LogP) is 2.14. The lowest BCUT2D eigenvalue weighted by molar-refractivity contribution is 0.102. The molecule has 2 aromatic rings. The van der Waals surface area contributed by atoms with Crippen LogP contribution in [-0.2, 0) is 0 Å². The quantitative estimate of drug-likeness (QED) is 0.873. The van der Waals surface area contributed by atoms with Crippen LogP contribution in [0.2, 0.25) is 0 Å². The van der Waals surface area contributed by atoms with Gasteiger partial charge in [0.2, 0.25) is 10.1 Å². The minimum Gasteiger partial charge on any atom is -0.363 e. The number of carbonyl (C=O) groups excluding carboxylic acids is 1. The SMILES string of the molecule is CNc1nnc(C(=O)Nc2ccc(C)cc2)s1. The molecule has 0 saturated heterocycles. The van der Waals surface area contributed by atoms with Crippen LogP contribution in [0.3, 0.4) is 0 Å². The molecule has 0 unspecified atom stereocenters. The third-order valence-electron chi connectivity index (χ3n) is 2.14. The van der Waals surface area contributed by atoms with Gasteiger partial charge < -0.3 is 10.6 Å². The Labute approximate surface area is 103 Å². The lowest BCUT2D eigenvalue weighted by Crippen LogP contribution is -2.11. The molecular formula is C11H12N4OS. The van der Waals surface area contributed by atoms with Gasteiger partial charge in [0.05, 0.1) is 0 Å². The van der Waals surface area contributed by atoms with Gasteiger partial charge in [-0.1, -0.05) is 29.0 Å². The fourth-order valence-electron chi connectivity index (χ4n) is 1.24. The van der Waals surface area contributed by atoms with Crippen molar-refractivity contribution in [2.45, 2.75) is 6.92 Å². The maximum atomic E-state index is 11.8. The minimum absolute atomic E-state index is 0.243. The molecule has 0 aliphatic rings. The zero-order valence-corrected chi connectivity index (χ0v) is 10.3. The van der Waals surface area contributed by atoms with Crippen molar-refractivity contribution in [3.8, 4) is 0 Å². The van der Waals surface area contributed by atoms with E-state index >= 15 is 0 Å². The predicted molar refractivity (Wildman–Crippen MR) is 68.6 cm³/mol. The molecule has 1 amide bonds. The van der Waals surface area contributed by atoms with E-state index in [9.17, 15) is 4.79 Å². The van der Waals surface area contributed by atoms with Crippen LogP contribution in [0.4, 0.5) is 10.8 Å². The molecule has 6 heteroatoms. The first-order valence-corrected chi connectivity index (χ1v) is 5.90. The molecule has 1 aromatic heterocycles. The highest BCUT2D eigenvalue weighted by molar-refractivity contribution is 7.17. The molecule has 0 spiro atoms. The van der Waals surface area contributed by atoms with Crippen LogP contribution in [0.1, 0.15) is 15.4 Å². The van der Waals surface area contributed by atoms with Crippen molar-refractivity contribution in [2.24, 2.45) is 0 Å². The number of carbonyl (C=O) groups is 1. The zero-order valence-electron chi connectivity index (χ0n) is 9.52. The first-order chi connectivity index (χ1) is 8.19. The van der Waals surface area contributed by atoms with Gasteiger partial charge in [-0.25, -0.2) is 0 Å². The van der Waals surface area contributed by atoms with Gasteiger partial charge >= 0.3 is 0 Å². The Kier molecular flexibility index (Phi) is 3.34. The topological polar surface area (TPSA) is 66.9 Å². The molecule has 0 aliphatic carbocycles. The summed E-state index contributed by atoms with van der Waals surface area (Å²) in [6, 6.07) is 7.59. The number of hydrogen-bond acceptors (Lipinski definition) is 5. The van der Waals surface area contributed by atoms with Gasteiger partial charge in [-0.2, -0.15) is 0 Å². The first kappa shape index (κ1) is 11.5. The Morgan fingerprint density at radius 1 is 1.24 bits per heavy atom. The Balaban J connectivity index is 2.08. The highest BCUT2D eigenvalue weighted by Crippen LogP contribution is 2.16. The molecule has 5 nitrogen and oxygen atoms in total. The number of anilines is 2. The van der Waals surface area contributed by atoms with E-state index in [1.54, 1.807) is 7.05 Å². The average molecular weight is 248 g/mol. The summed E-state index contributed by atoms with van der Waals surface area (Å²) in [7, 11) is 1.74. The van der Waals surface area contributed by atoms with Gasteiger partial charge in [-0.3, -0.25) is 4.79 Å². The molecule has 2 rings (SSSR count). The van der Waals surface area contributed by atoms with Crippen molar-refractivity contribution < 1.29 is 4.79 Å². The van der Waals surface area contributed by atoms with E-state index < -0.39 is 0 Å². The molecule has 1 aromatic carbocycles. The molecular weight excluding hydrogens is 236 g/mol. The number of rotatable bonds is 3. The van der Waals surface area contributed by atoms with Crippen molar-refractivity contribution in [1.29, 1.82) is 0 Å². The van der Waals surface area contributed by atoms with Crippen LogP contribution in [-0.4, -0.2) is 23.2 Å². The van der Waals surface area contributed by atoms with Crippen LogP contribution in [0.25, 0.3) is 0 Å². The lowest BCUT2D eigenvalue weighted by atomic mass is 10.2. The first-order valence-electron chi connectivity index (χ1n) is 5.08. The standard InChI is InChI=1S/C11H12N4OS/c1-7-3-5-8(6-4-7)13-9(16)10-14-15-11(12-2)17-10/h3-6H,1-2H3,(H,12,15)(H,13,16). The summed E-state index contributed by atoms with van der Waals surface area (Å²) in [6.07, 6.45) is 0. The average Bonchev–Trinajstić information content (AvgIpc) is 2.81. The number of nitrogens with one attached hydrogen (secondary N) is 2. The summed E-state index contributed by atoms with van der Waals surface area (Å²) in [5.41, 5.74) is 1.90. The van der Waals surface area contributed by atoms with E-state index in [-0.39, 0.29) is 5.91 Å². The number of hydrogen-bond donors (Lipinski definition) is 2. The van der Waals surface area contributed by atoms with Crippen LogP contribution in [0.15, 0.2) is 24.3 Å². The van der Waals surface area contributed by atoms with Crippen LogP contribution in [0.5, 0.6) is 0 Å². The molecule has 0 saturated carbocycles. The third kappa shape index (κ3) is 2.79. The normalized spacial score (nSPS) is 10.0. The van der Waals surface area contributed by atoms with E-state index in [1.807, 2.05) is 31.2 Å².